The van der Waals surface area contributed by atoms with Gasteiger partial charge in [0.15, 0.2) is 6.10 Å². The molecule has 108 valence electrons. The Kier molecular flexibility index (Phi) is 5.84. The molecule has 0 aromatic carbocycles. The summed E-state index contributed by atoms with van der Waals surface area (Å²) < 4.78 is 41.6. The summed E-state index contributed by atoms with van der Waals surface area (Å²) in [6.07, 6.45) is -7.01. The summed E-state index contributed by atoms with van der Waals surface area (Å²) >= 11 is 0. The second kappa shape index (κ2) is 6.70. The fourth-order valence-electron chi connectivity index (χ4n) is 1.83. The van der Waals surface area contributed by atoms with Crippen LogP contribution in [-0.4, -0.2) is 67.2 Å². The third kappa shape index (κ3) is 5.09. The quantitative estimate of drug-likeness (QED) is 0.768. The molecule has 4 nitrogen and oxygen atoms in total. The van der Waals surface area contributed by atoms with Gasteiger partial charge in [-0.25, -0.2) is 0 Å². The molecule has 1 rings (SSSR count). The Balaban J connectivity index is 2.23. The first kappa shape index (κ1) is 15.7. The molecule has 0 aromatic heterocycles. The van der Waals surface area contributed by atoms with E-state index < -0.39 is 18.8 Å². The van der Waals surface area contributed by atoms with E-state index in [0.717, 1.165) is 6.54 Å². The molecule has 0 aliphatic carbocycles. The molecule has 1 aliphatic rings. The van der Waals surface area contributed by atoms with E-state index in [1.54, 1.807) is 0 Å². The number of hydrogen-bond acceptors (Lipinski definition) is 4. The van der Waals surface area contributed by atoms with Crippen LogP contribution in [0.2, 0.25) is 0 Å². The highest BCUT2D eigenvalue weighted by Gasteiger charge is 2.37. The predicted octanol–water partition coefficient (Wildman–Crippen LogP) is 0.608. The topological polar surface area (TPSA) is 44.7 Å². The Morgan fingerprint density at radius 3 is 2.67 bits per heavy atom. The van der Waals surface area contributed by atoms with Crippen molar-refractivity contribution in [2.45, 2.75) is 38.3 Å². The average Bonchev–Trinajstić information content (AvgIpc) is 2.28. The molecule has 0 radical (unpaired) electrons. The Morgan fingerprint density at radius 2 is 2.11 bits per heavy atom. The number of halogens is 3. The number of nitrogens with one attached hydrogen (secondary N) is 1. The maximum absolute atomic E-state index is 12.1. The van der Waals surface area contributed by atoms with Gasteiger partial charge in [-0.15, -0.1) is 0 Å². The van der Waals surface area contributed by atoms with Gasteiger partial charge in [0.1, 0.15) is 0 Å². The zero-order chi connectivity index (χ0) is 13.8. The van der Waals surface area contributed by atoms with Gasteiger partial charge >= 0.3 is 6.18 Å². The summed E-state index contributed by atoms with van der Waals surface area (Å²) in [5, 5.41) is 11.4. The van der Waals surface area contributed by atoms with Crippen LogP contribution >= 0.6 is 0 Å². The summed E-state index contributed by atoms with van der Waals surface area (Å²) in [6.45, 7) is 6.10. The minimum atomic E-state index is -4.57. The monoisotopic (exact) mass is 270 g/mol. The number of hydrogen-bond donors (Lipinski definition) is 2. The van der Waals surface area contributed by atoms with Gasteiger partial charge in [-0.2, -0.15) is 13.2 Å². The van der Waals surface area contributed by atoms with E-state index >= 15 is 0 Å². The van der Waals surface area contributed by atoms with E-state index in [-0.39, 0.29) is 6.10 Å². The van der Waals surface area contributed by atoms with Gasteiger partial charge in [0.25, 0.3) is 0 Å². The van der Waals surface area contributed by atoms with Crippen LogP contribution in [0.4, 0.5) is 13.2 Å². The van der Waals surface area contributed by atoms with E-state index in [2.05, 4.69) is 24.1 Å². The van der Waals surface area contributed by atoms with Crippen molar-refractivity contribution in [3.05, 3.63) is 0 Å². The highest BCUT2D eigenvalue weighted by atomic mass is 19.4. The number of nitrogens with zero attached hydrogens (tertiary/aromatic N) is 1. The number of rotatable bonds is 5. The van der Waals surface area contributed by atoms with Crippen LogP contribution in [0.5, 0.6) is 0 Å². The lowest BCUT2D eigenvalue weighted by Gasteiger charge is -2.35. The number of morpholine rings is 1. The molecule has 1 fully saturated rings. The minimum Gasteiger partial charge on any atom is -0.382 e. The molecule has 0 amide bonds. The largest absolute Gasteiger partial charge is 0.415 e. The predicted molar refractivity (Wildman–Crippen MR) is 61.4 cm³/mol. The number of ether oxygens (including phenoxy) is 1. The van der Waals surface area contributed by atoms with Crippen molar-refractivity contribution in [2.75, 3.05) is 32.8 Å². The normalized spacial score (nSPS) is 24.5. The first-order valence-corrected chi connectivity index (χ1v) is 6.12. The molecular formula is C11H21F3N2O2. The number of aliphatic hydroxyl groups excluding tert-OH is 1. The summed E-state index contributed by atoms with van der Waals surface area (Å²) in [6, 6.07) is 0.400. The Bertz CT molecular complexity index is 249. The highest BCUT2D eigenvalue weighted by molar-refractivity contribution is 4.77. The van der Waals surface area contributed by atoms with Gasteiger partial charge in [-0.3, -0.25) is 4.90 Å². The van der Waals surface area contributed by atoms with Gasteiger partial charge in [0.05, 0.1) is 12.7 Å². The van der Waals surface area contributed by atoms with Crippen molar-refractivity contribution >= 4 is 0 Å². The maximum atomic E-state index is 12.1. The van der Waals surface area contributed by atoms with Crippen LogP contribution in [0.1, 0.15) is 13.8 Å². The zero-order valence-electron chi connectivity index (χ0n) is 10.7. The van der Waals surface area contributed by atoms with Crippen molar-refractivity contribution < 1.29 is 23.0 Å². The molecule has 18 heavy (non-hydrogen) atoms. The first-order chi connectivity index (χ1) is 8.30. The van der Waals surface area contributed by atoms with Crippen LogP contribution in [0.15, 0.2) is 0 Å². The lowest BCUT2D eigenvalue weighted by Crippen LogP contribution is -2.50. The van der Waals surface area contributed by atoms with E-state index in [9.17, 15) is 13.2 Å². The number of alkyl halides is 3. The van der Waals surface area contributed by atoms with Crippen molar-refractivity contribution in [1.29, 1.82) is 0 Å². The van der Waals surface area contributed by atoms with Crippen molar-refractivity contribution in [3.63, 3.8) is 0 Å². The van der Waals surface area contributed by atoms with Crippen LogP contribution in [-0.2, 0) is 4.74 Å². The van der Waals surface area contributed by atoms with Crippen molar-refractivity contribution in [3.8, 4) is 0 Å². The van der Waals surface area contributed by atoms with E-state index in [0.29, 0.717) is 25.7 Å². The van der Waals surface area contributed by atoms with Crippen molar-refractivity contribution in [1.82, 2.24) is 10.2 Å². The molecule has 1 saturated heterocycles. The van der Waals surface area contributed by atoms with E-state index in [1.807, 2.05) is 0 Å². The lowest BCUT2D eigenvalue weighted by molar-refractivity contribution is -0.202. The summed E-state index contributed by atoms with van der Waals surface area (Å²) in [5.74, 6) is 0. The first-order valence-electron chi connectivity index (χ1n) is 6.12. The molecule has 2 unspecified atom stereocenters. The fourth-order valence-corrected chi connectivity index (χ4v) is 1.83. The van der Waals surface area contributed by atoms with Gasteiger partial charge in [-0.1, -0.05) is 0 Å². The third-order valence-corrected chi connectivity index (χ3v) is 2.99. The lowest BCUT2D eigenvalue weighted by atomic mass is 10.2. The smallest absolute Gasteiger partial charge is 0.382 e. The van der Waals surface area contributed by atoms with Gasteiger partial charge in [-0.05, 0) is 13.8 Å². The summed E-state index contributed by atoms with van der Waals surface area (Å²) in [5.41, 5.74) is 0. The summed E-state index contributed by atoms with van der Waals surface area (Å²) in [7, 11) is 0. The zero-order valence-corrected chi connectivity index (χ0v) is 10.7. The molecule has 7 heteroatoms. The van der Waals surface area contributed by atoms with Gasteiger partial charge in [0, 0.05) is 32.2 Å². The Hall–Kier alpha value is -0.370. The Morgan fingerprint density at radius 1 is 1.44 bits per heavy atom. The van der Waals surface area contributed by atoms with Gasteiger partial charge < -0.3 is 15.2 Å². The SMILES string of the molecule is CC(C)N1CCOC(CNCC(O)C(F)(F)F)C1. The third-order valence-electron chi connectivity index (χ3n) is 2.99. The van der Waals surface area contributed by atoms with Crippen LogP contribution < -0.4 is 5.32 Å². The molecule has 2 N–H and O–H groups in total. The maximum Gasteiger partial charge on any atom is 0.415 e. The van der Waals surface area contributed by atoms with Gasteiger partial charge in [0.2, 0.25) is 0 Å². The number of aliphatic hydroxyl groups is 1. The highest BCUT2D eigenvalue weighted by Crippen LogP contribution is 2.19. The Labute approximate surface area is 105 Å². The van der Waals surface area contributed by atoms with Crippen molar-refractivity contribution in [2.24, 2.45) is 0 Å². The average molecular weight is 270 g/mol. The molecule has 0 bridgehead atoms. The molecule has 1 aliphatic heterocycles. The molecule has 2 atom stereocenters. The summed E-state index contributed by atoms with van der Waals surface area (Å²) in [4.78, 5) is 2.22. The van der Waals surface area contributed by atoms with Crippen LogP contribution in [0.3, 0.4) is 0 Å². The molecular weight excluding hydrogens is 249 g/mol. The molecule has 0 aromatic rings. The molecule has 0 saturated carbocycles. The minimum absolute atomic E-state index is 0.124. The molecule has 1 heterocycles. The van der Waals surface area contributed by atoms with E-state index in [4.69, 9.17) is 9.84 Å². The molecule has 0 spiro atoms. The van der Waals surface area contributed by atoms with E-state index in [1.165, 1.54) is 0 Å². The standard InChI is InChI=1S/C11H21F3N2O2/c1-8(2)16-3-4-18-9(7-16)5-15-6-10(17)11(12,13)14/h8-10,15,17H,3-7H2,1-2H3. The van der Waals surface area contributed by atoms with Crippen LogP contribution in [0, 0.1) is 0 Å². The van der Waals surface area contributed by atoms with Crippen LogP contribution in [0.25, 0.3) is 0 Å². The second-order valence-corrected chi connectivity index (χ2v) is 4.80. The second-order valence-electron chi connectivity index (χ2n) is 4.80. The fraction of sp³-hybridized carbons (Fsp3) is 1.00.